The molecule has 3 heteroatoms. The van der Waals surface area contributed by atoms with E-state index < -0.39 is 0 Å². The lowest BCUT2D eigenvalue weighted by Gasteiger charge is -2.18. The first-order valence-corrected chi connectivity index (χ1v) is 5.47. The molecule has 0 heterocycles. The molecule has 0 aliphatic heterocycles. The first kappa shape index (κ1) is 13.5. The fourth-order valence-electron chi connectivity index (χ4n) is 1.64. The van der Waals surface area contributed by atoms with Crippen LogP contribution in [0.5, 0.6) is 5.75 Å². The predicted molar refractivity (Wildman–Crippen MR) is 68.6 cm³/mol. The molecule has 0 aliphatic rings. The van der Waals surface area contributed by atoms with Crippen molar-refractivity contribution < 1.29 is 9.13 Å². The normalized spacial score (nSPS) is 10.3. The van der Waals surface area contributed by atoms with Crippen LogP contribution >= 0.6 is 0 Å². The van der Waals surface area contributed by atoms with Crippen LogP contribution in [-0.4, -0.2) is 25.1 Å². The van der Waals surface area contributed by atoms with Crippen LogP contribution in [0.1, 0.15) is 5.56 Å². The summed E-state index contributed by atoms with van der Waals surface area (Å²) in [4.78, 5) is 2.11. The first-order chi connectivity index (χ1) is 8.21. The molecule has 0 saturated carbocycles. The van der Waals surface area contributed by atoms with E-state index in [2.05, 4.69) is 18.1 Å². The molecule has 0 bridgehead atoms. The van der Waals surface area contributed by atoms with Crippen LogP contribution in [0.4, 0.5) is 4.39 Å². The second kappa shape index (κ2) is 6.86. The third-order valence-corrected chi connectivity index (χ3v) is 2.40. The Kier molecular flexibility index (Phi) is 5.43. The monoisotopic (exact) mass is 235 g/mol. The van der Waals surface area contributed by atoms with Crippen LogP contribution in [-0.2, 0) is 6.54 Å². The van der Waals surface area contributed by atoms with Crippen LogP contribution in [0.3, 0.4) is 0 Å². The molecule has 0 aliphatic carbocycles. The molecule has 0 atom stereocenters. The summed E-state index contributed by atoms with van der Waals surface area (Å²) in [6.07, 6.45) is 3.65. The third kappa shape index (κ3) is 4.04. The minimum absolute atomic E-state index is 0.271. The fraction of sp³-hybridized carbons (Fsp3) is 0.286. The van der Waals surface area contributed by atoms with Crippen molar-refractivity contribution in [2.75, 3.05) is 20.2 Å². The van der Waals surface area contributed by atoms with Gasteiger partial charge in [-0.2, -0.15) is 0 Å². The average molecular weight is 235 g/mol. The zero-order chi connectivity index (χ0) is 12.7. The van der Waals surface area contributed by atoms with Gasteiger partial charge in [-0.15, -0.1) is 13.2 Å². The number of hydrogen-bond acceptors (Lipinski definition) is 2. The molecule has 1 aromatic rings. The standard InChI is InChI=1S/C14H18FNO/c1-4-8-16(9-5-2)11-12-6-7-14(17-3)13(15)10-12/h4-7,10H,1-2,8-9,11H2,3H3. The van der Waals surface area contributed by atoms with Crippen LogP contribution in [0, 0.1) is 5.82 Å². The molecular weight excluding hydrogens is 217 g/mol. The Hall–Kier alpha value is -1.61. The summed E-state index contributed by atoms with van der Waals surface area (Å²) >= 11 is 0. The van der Waals surface area contributed by atoms with Gasteiger partial charge < -0.3 is 4.74 Å². The SMILES string of the molecule is C=CCN(CC=C)Cc1ccc(OC)c(F)c1. The highest BCUT2D eigenvalue weighted by Crippen LogP contribution is 2.18. The highest BCUT2D eigenvalue weighted by molar-refractivity contribution is 5.29. The molecule has 92 valence electrons. The zero-order valence-electron chi connectivity index (χ0n) is 10.2. The van der Waals surface area contributed by atoms with Gasteiger partial charge in [0.25, 0.3) is 0 Å². The minimum Gasteiger partial charge on any atom is -0.494 e. The lowest BCUT2D eigenvalue weighted by atomic mass is 10.2. The molecule has 0 fully saturated rings. The van der Waals surface area contributed by atoms with Gasteiger partial charge >= 0.3 is 0 Å². The number of nitrogens with zero attached hydrogens (tertiary/aromatic N) is 1. The second-order valence-electron chi connectivity index (χ2n) is 3.74. The van der Waals surface area contributed by atoms with Gasteiger partial charge in [0, 0.05) is 19.6 Å². The van der Waals surface area contributed by atoms with Crippen LogP contribution < -0.4 is 4.74 Å². The molecule has 1 rings (SSSR count). The van der Waals surface area contributed by atoms with E-state index in [9.17, 15) is 4.39 Å². The van der Waals surface area contributed by atoms with Crippen molar-refractivity contribution >= 4 is 0 Å². The van der Waals surface area contributed by atoms with Crippen molar-refractivity contribution in [2.24, 2.45) is 0 Å². The molecule has 0 saturated heterocycles. The fourth-order valence-corrected chi connectivity index (χ4v) is 1.64. The summed E-state index contributed by atoms with van der Waals surface area (Å²) in [5.74, 6) is -0.0603. The third-order valence-electron chi connectivity index (χ3n) is 2.40. The molecule has 1 aromatic carbocycles. The smallest absolute Gasteiger partial charge is 0.165 e. The Balaban J connectivity index is 2.75. The first-order valence-electron chi connectivity index (χ1n) is 5.47. The molecule has 0 aromatic heterocycles. The van der Waals surface area contributed by atoms with E-state index in [1.807, 2.05) is 18.2 Å². The van der Waals surface area contributed by atoms with Gasteiger partial charge in [0.1, 0.15) is 0 Å². The van der Waals surface area contributed by atoms with Crippen LogP contribution in [0.25, 0.3) is 0 Å². The van der Waals surface area contributed by atoms with Gasteiger partial charge in [0.05, 0.1) is 7.11 Å². The molecule has 0 amide bonds. The molecule has 0 N–H and O–H groups in total. The van der Waals surface area contributed by atoms with E-state index in [0.29, 0.717) is 6.54 Å². The minimum atomic E-state index is -0.331. The van der Waals surface area contributed by atoms with E-state index in [1.54, 1.807) is 6.07 Å². The summed E-state index contributed by atoms with van der Waals surface area (Å²) < 4.78 is 18.4. The van der Waals surface area contributed by atoms with E-state index in [0.717, 1.165) is 18.7 Å². The summed E-state index contributed by atoms with van der Waals surface area (Å²) in [6.45, 7) is 9.56. The predicted octanol–water partition coefficient (Wildman–Crippen LogP) is 3.01. The summed E-state index contributed by atoms with van der Waals surface area (Å²) in [5, 5.41) is 0. The van der Waals surface area contributed by atoms with E-state index >= 15 is 0 Å². The van der Waals surface area contributed by atoms with Gasteiger partial charge in [-0.05, 0) is 17.7 Å². The topological polar surface area (TPSA) is 12.5 Å². The zero-order valence-corrected chi connectivity index (χ0v) is 10.2. The van der Waals surface area contributed by atoms with Crippen molar-refractivity contribution in [2.45, 2.75) is 6.54 Å². The lowest BCUT2D eigenvalue weighted by molar-refractivity contribution is 0.326. The quantitative estimate of drug-likeness (QED) is 0.674. The van der Waals surface area contributed by atoms with Gasteiger partial charge in [0.15, 0.2) is 11.6 Å². The van der Waals surface area contributed by atoms with Gasteiger partial charge in [-0.1, -0.05) is 18.2 Å². The maximum Gasteiger partial charge on any atom is 0.165 e. The van der Waals surface area contributed by atoms with Crippen LogP contribution in [0.15, 0.2) is 43.5 Å². The number of ether oxygens (including phenoxy) is 1. The second-order valence-corrected chi connectivity index (χ2v) is 3.74. The number of hydrogen-bond donors (Lipinski definition) is 0. The average Bonchev–Trinajstić information content (AvgIpc) is 2.30. The Labute approximate surface area is 102 Å². The molecular formula is C14H18FNO. The van der Waals surface area contributed by atoms with Gasteiger partial charge in [-0.25, -0.2) is 4.39 Å². The molecule has 0 unspecified atom stereocenters. The van der Waals surface area contributed by atoms with Gasteiger partial charge in [-0.3, -0.25) is 4.90 Å². The summed E-state index contributed by atoms with van der Waals surface area (Å²) in [6, 6.07) is 5.00. The van der Waals surface area contributed by atoms with E-state index in [-0.39, 0.29) is 11.6 Å². The lowest BCUT2D eigenvalue weighted by Crippen LogP contribution is -2.23. The largest absolute Gasteiger partial charge is 0.494 e. The Morgan fingerprint density at radius 3 is 2.41 bits per heavy atom. The van der Waals surface area contributed by atoms with Crippen molar-refractivity contribution in [3.05, 3.63) is 54.9 Å². The van der Waals surface area contributed by atoms with Crippen LogP contribution in [0.2, 0.25) is 0 Å². The maximum absolute atomic E-state index is 13.5. The Morgan fingerprint density at radius 2 is 1.94 bits per heavy atom. The maximum atomic E-state index is 13.5. The number of benzene rings is 1. The van der Waals surface area contributed by atoms with Crippen molar-refractivity contribution in [3.8, 4) is 5.75 Å². The van der Waals surface area contributed by atoms with E-state index in [1.165, 1.54) is 13.2 Å². The summed E-state index contributed by atoms with van der Waals surface area (Å²) in [7, 11) is 1.46. The molecule has 2 nitrogen and oxygen atoms in total. The number of methoxy groups -OCH3 is 1. The van der Waals surface area contributed by atoms with Crippen molar-refractivity contribution in [1.29, 1.82) is 0 Å². The molecule has 17 heavy (non-hydrogen) atoms. The molecule has 0 radical (unpaired) electrons. The summed E-state index contributed by atoms with van der Waals surface area (Å²) in [5.41, 5.74) is 0.909. The molecule has 0 spiro atoms. The van der Waals surface area contributed by atoms with Gasteiger partial charge in [0.2, 0.25) is 0 Å². The highest BCUT2D eigenvalue weighted by atomic mass is 19.1. The number of rotatable bonds is 7. The van der Waals surface area contributed by atoms with Crippen molar-refractivity contribution in [3.63, 3.8) is 0 Å². The van der Waals surface area contributed by atoms with E-state index in [4.69, 9.17) is 4.74 Å². The van der Waals surface area contributed by atoms with Crippen molar-refractivity contribution in [1.82, 2.24) is 4.90 Å². The Morgan fingerprint density at radius 1 is 1.29 bits per heavy atom. The highest BCUT2D eigenvalue weighted by Gasteiger charge is 2.06. The number of halogens is 1. The Bertz CT molecular complexity index is 380.